The van der Waals surface area contributed by atoms with Crippen LogP contribution >= 0.6 is 0 Å². The molecule has 0 unspecified atom stereocenters. The summed E-state index contributed by atoms with van der Waals surface area (Å²) in [5.41, 5.74) is 0.497. The van der Waals surface area contributed by atoms with Gasteiger partial charge < -0.3 is 24.0 Å². The fourth-order valence-corrected chi connectivity index (χ4v) is 4.27. The van der Waals surface area contributed by atoms with Gasteiger partial charge in [0.1, 0.15) is 0 Å². The topological polar surface area (TPSA) is 68.3 Å². The Morgan fingerprint density at radius 3 is 1.83 bits per heavy atom. The normalized spacial score (nSPS) is 18.2. The van der Waals surface area contributed by atoms with Crippen molar-refractivity contribution in [3.63, 3.8) is 0 Å². The van der Waals surface area contributed by atoms with Crippen LogP contribution in [0, 0.1) is 5.92 Å². The third kappa shape index (κ3) is 4.77. The Morgan fingerprint density at radius 2 is 1.34 bits per heavy atom. The lowest BCUT2D eigenvalue weighted by Gasteiger charge is -2.34. The summed E-state index contributed by atoms with van der Waals surface area (Å²) >= 11 is 0. The minimum Gasteiger partial charge on any atom is -0.493 e. The maximum absolute atomic E-state index is 13.0. The van der Waals surface area contributed by atoms with Gasteiger partial charge in [0.25, 0.3) is 5.91 Å². The number of ether oxygens (including phenoxy) is 3. The minimum atomic E-state index is -0.0788. The zero-order valence-electron chi connectivity index (χ0n) is 17.7. The molecule has 3 rings (SSSR count). The number of hydrogen-bond acceptors (Lipinski definition) is 5. The summed E-state index contributed by atoms with van der Waals surface area (Å²) in [6.45, 7) is 2.92. The lowest BCUT2D eigenvalue weighted by molar-refractivity contribution is -0.136. The van der Waals surface area contributed by atoms with Crippen LogP contribution in [0.1, 0.15) is 48.9 Å². The summed E-state index contributed by atoms with van der Waals surface area (Å²) in [7, 11) is 4.60. The molecule has 2 fully saturated rings. The Kier molecular flexibility index (Phi) is 7.23. The van der Waals surface area contributed by atoms with E-state index in [0.29, 0.717) is 48.7 Å². The smallest absolute Gasteiger partial charge is 0.254 e. The van der Waals surface area contributed by atoms with Gasteiger partial charge in [-0.15, -0.1) is 0 Å². The third-order valence-electron chi connectivity index (χ3n) is 5.96. The highest BCUT2D eigenvalue weighted by atomic mass is 16.5. The molecular weight excluding hydrogens is 372 g/mol. The molecule has 2 aliphatic heterocycles. The maximum atomic E-state index is 13.0. The van der Waals surface area contributed by atoms with Crippen molar-refractivity contribution in [1.29, 1.82) is 0 Å². The summed E-state index contributed by atoms with van der Waals surface area (Å²) in [6.07, 6.45) is 6.06. The SMILES string of the molecule is COc1cc(C(=O)N2CCC(C(=O)N3CCCCCC3)CC2)cc(OC)c1OC. The van der Waals surface area contributed by atoms with E-state index in [1.165, 1.54) is 34.2 Å². The van der Waals surface area contributed by atoms with Gasteiger partial charge in [-0.3, -0.25) is 9.59 Å². The lowest BCUT2D eigenvalue weighted by Crippen LogP contribution is -2.44. The summed E-state index contributed by atoms with van der Waals surface area (Å²) in [6, 6.07) is 3.36. The van der Waals surface area contributed by atoms with Crippen LogP contribution in [-0.4, -0.2) is 69.1 Å². The van der Waals surface area contributed by atoms with Crippen molar-refractivity contribution in [2.24, 2.45) is 5.92 Å². The molecule has 1 aromatic rings. The first-order valence-electron chi connectivity index (χ1n) is 10.5. The van der Waals surface area contributed by atoms with E-state index in [-0.39, 0.29) is 17.7 Å². The van der Waals surface area contributed by atoms with Crippen LogP contribution in [0.25, 0.3) is 0 Å². The molecule has 2 heterocycles. The molecule has 0 aromatic heterocycles. The van der Waals surface area contributed by atoms with Crippen molar-refractivity contribution in [2.75, 3.05) is 47.5 Å². The molecular formula is C22H32N2O5. The van der Waals surface area contributed by atoms with Crippen molar-refractivity contribution in [3.8, 4) is 17.2 Å². The molecule has 0 spiro atoms. The van der Waals surface area contributed by atoms with E-state index in [0.717, 1.165) is 25.9 Å². The number of benzene rings is 1. The summed E-state index contributed by atoms with van der Waals surface area (Å²) < 4.78 is 16.0. The number of carbonyl (C=O) groups is 2. The van der Waals surface area contributed by atoms with Gasteiger partial charge in [-0.25, -0.2) is 0 Å². The largest absolute Gasteiger partial charge is 0.493 e. The first kappa shape index (κ1) is 21.3. The standard InChI is InChI=1S/C22H32N2O5/c1-27-18-14-17(15-19(28-2)20(18)29-3)22(26)24-12-8-16(9-13-24)21(25)23-10-6-4-5-7-11-23/h14-16H,4-13H2,1-3H3. The molecule has 0 N–H and O–H groups in total. The molecule has 2 amide bonds. The van der Waals surface area contributed by atoms with Crippen molar-refractivity contribution >= 4 is 11.8 Å². The zero-order valence-corrected chi connectivity index (χ0v) is 17.7. The van der Waals surface area contributed by atoms with E-state index in [9.17, 15) is 9.59 Å². The van der Waals surface area contributed by atoms with E-state index in [4.69, 9.17) is 14.2 Å². The van der Waals surface area contributed by atoms with E-state index < -0.39 is 0 Å². The van der Waals surface area contributed by atoms with Gasteiger partial charge in [0.15, 0.2) is 11.5 Å². The van der Waals surface area contributed by atoms with Gasteiger partial charge in [0, 0.05) is 37.7 Å². The lowest BCUT2D eigenvalue weighted by atomic mass is 9.94. The Hall–Kier alpha value is -2.44. The first-order chi connectivity index (χ1) is 14.1. The van der Waals surface area contributed by atoms with Gasteiger partial charge in [-0.2, -0.15) is 0 Å². The molecule has 2 aliphatic rings. The molecule has 0 radical (unpaired) electrons. The van der Waals surface area contributed by atoms with Crippen LogP contribution in [0.2, 0.25) is 0 Å². The molecule has 0 atom stereocenters. The van der Waals surface area contributed by atoms with Crippen LogP contribution in [0.3, 0.4) is 0 Å². The highest BCUT2D eigenvalue weighted by Crippen LogP contribution is 2.38. The Bertz CT molecular complexity index is 695. The molecule has 7 nitrogen and oxygen atoms in total. The third-order valence-corrected chi connectivity index (χ3v) is 5.96. The molecule has 2 saturated heterocycles. The van der Waals surface area contributed by atoms with Gasteiger partial charge >= 0.3 is 0 Å². The highest BCUT2D eigenvalue weighted by molar-refractivity contribution is 5.96. The second kappa shape index (κ2) is 9.85. The first-order valence-corrected chi connectivity index (χ1v) is 10.5. The van der Waals surface area contributed by atoms with Crippen LogP contribution in [0.15, 0.2) is 12.1 Å². The van der Waals surface area contributed by atoms with Crippen LogP contribution < -0.4 is 14.2 Å². The summed E-state index contributed by atoms with van der Waals surface area (Å²) in [5.74, 6) is 1.60. The predicted octanol–water partition coefficient (Wildman–Crippen LogP) is 2.97. The fraction of sp³-hybridized carbons (Fsp3) is 0.636. The molecule has 0 saturated carbocycles. The van der Waals surface area contributed by atoms with Crippen molar-refractivity contribution < 1.29 is 23.8 Å². The van der Waals surface area contributed by atoms with E-state index in [1.54, 1.807) is 12.1 Å². The Labute approximate surface area is 172 Å². The Morgan fingerprint density at radius 1 is 0.793 bits per heavy atom. The molecule has 0 bridgehead atoms. The van der Waals surface area contributed by atoms with Crippen molar-refractivity contribution in [2.45, 2.75) is 38.5 Å². The van der Waals surface area contributed by atoms with Gasteiger partial charge in [0.2, 0.25) is 11.7 Å². The maximum Gasteiger partial charge on any atom is 0.254 e. The number of methoxy groups -OCH3 is 3. The van der Waals surface area contributed by atoms with Crippen LogP contribution in [0.4, 0.5) is 0 Å². The average molecular weight is 405 g/mol. The van der Waals surface area contributed by atoms with Gasteiger partial charge in [0.05, 0.1) is 21.3 Å². The second-order valence-electron chi connectivity index (χ2n) is 7.72. The highest BCUT2D eigenvalue weighted by Gasteiger charge is 2.31. The number of piperidine rings is 1. The monoisotopic (exact) mass is 404 g/mol. The van der Waals surface area contributed by atoms with Crippen molar-refractivity contribution in [1.82, 2.24) is 9.80 Å². The van der Waals surface area contributed by atoms with E-state index >= 15 is 0 Å². The number of nitrogens with zero attached hydrogens (tertiary/aromatic N) is 2. The van der Waals surface area contributed by atoms with Gasteiger partial charge in [-0.05, 0) is 37.8 Å². The number of rotatable bonds is 5. The Balaban J connectivity index is 1.65. The molecule has 29 heavy (non-hydrogen) atoms. The number of hydrogen-bond donors (Lipinski definition) is 0. The van der Waals surface area contributed by atoms with E-state index in [2.05, 4.69) is 0 Å². The van der Waals surface area contributed by atoms with Crippen LogP contribution in [0.5, 0.6) is 17.2 Å². The number of amides is 2. The summed E-state index contributed by atoms with van der Waals surface area (Å²) in [4.78, 5) is 29.8. The average Bonchev–Trinajstić information content (AvgIpc) is 3.06. The molecule has 160 valence electrons. The predicted molar refractivity (Wildman–Crippen MR) is 110 cm³/mol. The zero-order chi connectivity index (χ0) is 20.8. The molecule has 0 aliphatic carbocycles. The van der Waals surface area contributed by atoms with Gasteiger partial charge in [-0.1, -0.05) is 12.8 Å². The fourth-order valence-electron chi connectivity index (χ4n) is 4.27. The van der Waals surface area contributed by atoms with Crippen molar-refractivity contribution in [3.05, 3.63) is 17.7 Å². The number of likely N-dealkylation sites (tertiary alicyclic amines) is 2. The van der Waals surface area contributed by atoms with Crippen LogP contribution in [-0.2, 0) is 4.79 Å². The number of carbonyl (C=O) groups excluding carboxylic acids is 2. The summed E-state index contributed by atoms with van der Waals surface area (Å²) in [5, 5.41) is 0. The minimum absolute atomic E-state index is 0.0251. The molecule has 7 heteroatoms. The quantitative estimate of drug-likeness (QED) is 0.755. The molecule has 1 aromatic carbocycles. The van der Waals surface area contributed by atoms with E-state index in [1.807, 2.05) is 9.80 Å². The second-order valence-corrected chi connectivity index (χ2v) is 7.72.